The number of aromatic nitrogens is 2. The Bertz CT molecular complexity index is 1280. The highest BCUT2D eigenvalue weighted by molar-refractivity contribution is 6.34. The zero-order valence-electron chi connectivity index (χ0n) is 18.6. The van der Waals surface area contributed by atoms with E-state index in [2.05, 4.69) is 40.3 Å². The fourth-order valence-electron chi connectivity index (χ4n) is 4.85. The molecule has 0 unspecified atom stereocenters. The van der Waals surface area contributed by atoms with E-state index in [9.17, 15) is 4.79 Å². The molecule has 0 aliphatic carbocycles. The van der Waals surface area contributed by atoms with Crippen molar-refractivity contribution in [2.24, 2.45) is 0 Å². The van der Waals surface area contributed by atoms with Gasteiger partial charge in [0, 0.05) is 34.0 Å². The van der Waals surface area contributed by atoms with Crippen molar-refractivity contribution in [3.63, 3.8) is 0 Å². The summed E-state index contributed by atoms with van der Waals surface area (Å²) in [5.41, 5.74) is 5.65. The number of carbonyl (C=O) groups excluding carboxylic acids is 1. The Morgan fingerprint density at radius 1 is 1.06 bits per heavy atom. The summed E-state index contributed by atoms with van der Waals surface area (Å²) in [6.07, 6.45) is 5.54. The monoisotopic (exact) mass is 458 g/mol. The number of halogens is 1. The molecule has 1 atom stereocenters. The molecule has 0 spiro atoms. The van der Waals surface area contributed by atoms with Crippen LogP contribution in [0.2, 0.25) is 5.02 Å². The maximum absolute atomic E-state index is 12.8. The van der Waals surface area contributed by atoms with Gasteiger partial charge in [0.25, 0.3) is 5.91 Å². The van der Waals surface area contributed by atoms with E-state index in [-0.39, 0.29) is 11.9 Å². The molecule has 1 saturated heterocycles. The van der Waals surface area contributed by atoms with Crippen LogP contribution in [0.15, 0.2) is 66.9 Å². The summed E-state index contributed by atoms with van der Waals surface area (Å²) in [7, 11) is 0. The van der Waals surface area contributed by atoms with Gasteiger partial charge < -0.3 is 10.3 Å². The molecule has 4 aromatic rings. The van der Waals surface area contributed by atoms with Crippen LogP contribution in [-0.2, 0) is 0 Å². The Labute approximate surface area is 198 Å². The lowest BCUT2D eigenvalue weighted by Gasteiger charge is -2.34. The fraction of sp³-hybridized carbons (Fsp3) is 0.259. The average Bonchev–Trinajstić information content (AvgIpc) is 3.16. The molecule has 6 heteroatoms. The van der Waals surface area contributed by atoms with Crippen LogP contribution in [0.3, 0.4) is 0 Å². The summed E-state index contributed by atoms with van der Waals surface area (Å²) in [5.74, 6) is -0.217. The maximum Gasteiger partial charge on any atom is 0.257 e. The predicted molar refractivity (Wildman–Crippen MR) is 134 cm³/mol. The molecule has 0 bridgehead atoms. The first kappa shape index (κ1) is 21.7. The van der Waals surface area contributed by atoms with Crippen LogP contribution in [0.5, 0.6) is 0 Å². The highest BCUT2D eigenvalue weighted by Crippen LogP contribution is 2.37. The molecule has 2 N–H and O–H groups in total. The Hall–Kier alpha value is -3.15. The summed E-state index contributed by atoms with van der Waals surface area (Å²) in [6, 6.07) is 19.3. The second kappa shape index (κ2) is 9.38. The van der Waals surface area contributed by atoms with E-state index in [0.717, 1.165) is 41.1 Å². The minimum absolute atomic E-state index is 0.0646. The van der Waals surface area contributed by atoms with Gasteiger partial charge in [0.05, 0.1) is 22.3 Å². The molecule has 0 saturated carbocycles. The number of aromatic amines is 1. The Kier molecular flexibility index (Phi) is 6.16. The van der Waals surface area contributed by atoms with E-state index in [4.69, 9.17) is 16.6 Å². The number of aryl methyl sites for hydroxylation is 1. The number of fused-ring (bicyclic) bond motifs is 1. The number of hydrogen-bond donors (Lipinski definition) is 2. The third-order valence-electron chi connectivity index (χ3n) is 6.41. The summed E-state index contributed by atoms with van der Waals surface area (Å²) in [4.78, 5) is 23.7. The lowest BCUT2D eigenvalue weighted by atomic mass is 9.95. The number of pyridine rings is 1. The first-order valence-corrected chi connectivity index (χ1v) is 11.8. The number of likely N-dealkylation sites (tertiary alicyclic amines) is 1. The zero-order chi connectivity index (χ0) is 22.8. The lowest BCUT2D eigenvalue weighted by Crippen LogP contribution is -2.35. The molecule has 5 nitrogen and oxygen atoms in total. The summed E-state index contributed by atoms with van der Waals surface area (Å²) < 4.78 is 0. The number of nitrogens with zero attached hydrogens (tertiary/aromatic N) is 2. The van der Waals surface area contributed by atoms with Gasteiger partial charge >= 0.3 is 0 Å². The van der Waals surface area contributed by atoms with Gasteiger partial charge in [-0.3, -0.25) is 14.7 Å². The van der Waals surface area contributed by atoms with Crippen LogP contribution in [-0.4, -0.2) is 33.9 Å². The number of rotatable bonds is 5. The molecule has 1 amide bonds. The second-order valence-electron chi connectivity index (χ2n) is 8.61. The first-order chi connectivity index (χ1) is 16.1. The van der Waals surface area contributed by atoms with Crippen LogP contribution in [0.25, 0.3) is 10.9 Å². The molecular weight excluding hydrogens is 432 g/mol. The van der Waals surface area contributed by atoms with Crippen molar-refractivity contribution in [3.8, 4) is 0 Å². The molecule has 168 valence electrons. The van der Waals surface area contributed by atoms with E-state index < -0.39 is 0 Å². The van der Waals surface area contributed by atoms with Crippen molar-refractivity contribution in [1.82, 2.24) is 14.9 Å². The fourth-order valence-corrected chi connectivity index (χ4v) is 5.07. The summed E-state index contributed by atoms with van der Waals surface area (Å²) in [6.45, 7) is 4.23. The number of hydrogen-bond acceptors (Lipinski definition) is 3. The van der Waals surface area contributed by atoms with Crippen molar-refractivity contribution in [1.29, 1.82) is 0 Å². The number of benzene rings is 2. The minimum atomic E-state index is -0.217. The van der Waals surface area contributed by atoms with Gasteiger partial charge in [-0.15, -0.1) is 0 Å². The maximum atomic E-state index is 12.8. The lowest BCUT2D eigenvalue weighted by molar-refractivity contribution is 0.102. The van der Waals surface area contributed by atoms with Crippen LogP contribution in [0.4, 0.5) is 5.69 Å². The van der Waals surface area contributed by atoms with Gasteiger partial charge in [0.2, 0.25) is 0 Å². The van der Waals surface area contributed by atoms with Crippen molar-refractivity contribution in [2.45, 2.75) is 32.2 Å². The molecule has 1 fully saturated rings. The smallest absolute Gasteiger partial charge is 0.257 e. The van der Waals surface area contributed by atoms with E-state index in [1.165, 1.54) is 24.8 Å². The topological polar surface area (TPSA) is 61.0 Å². The molecule has 5 rings (SSSR count). The van der Waals surface area contributed by atoms with E-state index in [1.54, 1.807) is 12.1 Å². The molecule has 1 aliphatic heterocycles. The summed E-state index contributed by atoms with van der Waals surface area (Å²) in [5, 5.41) is 4.56. The van der Waals surface area contributed by atoms with Crippen molar-refractivity contribution >= 4 is 34.1 Å². The van der Waals surface area contributed by atoms with Gasteiger partial charge in [0.1, 0.15) is 0 Å². The highest BCUT2D eigenvalue weighted by Gasteiger charge is 2.29. The molecule has 3 heterocycles. The van der Waals surface area contributed by atoms with Crippen LogP contribution >= 0.6 is 11.6 Å². The molecule has 1 aliphatic rings. The quantitative estimate of drug-likeness (QED) is 0.366. The van der Waals surface area contributed by atoms with E-state index >= 15 is 0 Å². The molecule has 2 aromatic carbocycles. The number of nitrogens with one attached hydrogen (secondary N) is 2. The summed E-state index contributed by atoms with van der Waals surface area (Å²) >= 11 is 6.23. The Morgan fingerprint density at radius 3 is 2.61 bits per heavy atom. The van der Waals surface area contributed by atoms with Gasteiger partial charge in [-0.05, 0) is 75.3 Å². The van der Waals surface area contributed by atoms with Gasteiger partial charge in [-0.1, -0.05) is 36.2 Å². The second-order valence-corrected chi connectivity index (χ2v) is 9.02. The van der Waals surface area contributed by atoms with Crippen LogP contribution < -0.4 is 5.32 Å². The number of anilines is 1. The zero-order valence-corrected chi connectivity index (χ0v) is 19.4. The third kappa shape index (κ3) is 4.39. The Morgan fingerprint density at radius 2 is 1.85 bits per heavy atom. The number of H-pyrrole nitrogens is 1. The van der Waals surface area contributed by atoms with Crippen molar-refractivity contribution in [3.05, 3.63) is 94.4 Å². The molecule has 33 heavy (non-hydrogen) atoms. The normalized spacial score (nSPS) is 15.5. The third-order valence-corrected chi connectivity index (χ3v) is 6.74. The minimum Gasteiger partial charge on any atom is -0.358 e. The first-order valence-electron chi connectivity index (χ1n) is 11.4. The van der Waals surface area contributed by atoms with Crippen LogP contribution in [0.1, 0.15) is 52.6 Å². The average molecular weight is 459 g/mol. The standard InChI is InChI=1S/C27H27ClN4O/c1-18-25(26(24-11-5-6-14-29-24)32-15-7-2-8-16-32)21-17-19(12-13-23(21)30-18)31-27(33)20-9-3-4-10-22(20)28/h3-6,9-14,17,26,30H,2,7-8,15-16H2,1H3,(H,31,33)/t26-/m1/s1. The SMILES string of the molecule is Cc1[nH]c2ccc(NC(=O)c3ccccc3Cl)cc2c1[C@@H](c1ccccn1)N1CCCCC1. The molecule has 2 aromatic heterocycles. The predicted octanol–water partition coefficient (Wildman–Crippen LogP) is 6.35. The van der Waals surface area contributed by atoms with Crippen LogP contribution in [0, 0.1) is 6.92 Å². The van der Waals surface area contributed by atoms with Gasteiger partial charge in [-0.25, -0.2) is 0 Å². The van der Waals surface area contributed by atoms with Gasteiger partial charge in [-0.2, -0.15) is 0 Å². The van der Waals surface area contributed by atoms with E-state index in [0.29, 0.717) is 10.6 Å². The molecule has 0 radical (unpaired) electrons. The molecular formula is C27H27ClN4O. The number of piperidine rings is 1. The van der Waals surface area contributed by atoms with Crippen molar-refractivity contribution < 1.29 is 4.79 Å². The van der Waals surface area contributed by atoms with Gasteiger partial charge in [0.15, 0.2) is 0 Å². The van der Waals surface area contributed by atoms with E-state index in [1.807, 2.05) is 36.5 Å². The number of amides is 1. The highest BCUT2D eigenvalue weighted by atomic mass is 35.5. The van der Waals surface area contributed by atoms with Crippen molar-refractivity contribution in [2.75, 3.05) is 18.4 Å². The largest absolute Gasteiger partial charge is 0.358 e. The Balaban J connectivity index is 1.56. The number of carbonyl (C=O) groups is 1.